The van der Waals surface area contributed by atoms with Crippen LogP contribution in [0.25, 0.3) is 0 Å². The number of amides is 1. The van der Waals surface area contributed by atoms with Gasteiger partial charge >= 0.3 is 0 Å². The molecular weight excluding hydrogens is 310 g/mol. The minimum Gasteiger partial charge on any atom is -0.488 e. The summed E-state index contributed by atoms with van der Waals surface area (Å²) in [5.74, 6) is 0.960. The minimum absolute atomic E-state index is 0.0239. The van der Waals surface area contributed by atoms with Crippen LogP contribution < -0.4 is 10.1 Å². The van der Waals surface area contributed by atoms with E-state index in [1.165, 1.54) is 16.0 Å². The number of carbonyl (C=O) groups is 1. The summed E-state index contributed by atoms with van der Waals surface area (Å²) < 4.78 is 11.6. The van der Waals surface area contributed by atoms with Crippen LogP contribution in [0.4, 0.5) is 0 Å². The highest BCUT2D eigenvalue weighted by Gasteiger charge is 2.26. The highest BCUT2D eigenvalue weighted by molar-refractivity contribution is 7.10. The van der Waals surface area contributed by atoms with E-state index in [1.54, 1.807) is 11.3 Å². The molecule has 1 amide bonds. The molecule has 3 heterocycles. The van der Waals surface area contributed by atoms with Crippen LogP contribution in [0.2, 0.25) is 0 Å². The molecule has 2 atom stereocenters. The van der Waals surface area contributed by atoms with E-state index in [0.717, 1.165) is 18.6 Å². The number of hydrogen-bond donors (Lipinski definition) is 1. The van der Waals surface area contributed by atoms with Crippen LogP contribution in [0.5, 0.6) is 5.75 Å². The molecule has 2 aromatic rings. The number of para-hydroxylation sites is 1. The molecular formula is C18H19NO3S. The molecule has 0 saturated carbocycles. The summed E-state index contributed by atoms with van der Waals surface area (Å²) in [6.45, 7) is 1.24. The fourth-order valence-corrected chi connectivity index (χ4v) is 4.21. The van der Waals surface area contributed by atoms with Crippen LogP contribution in [-0.2, 0) is 22.4 Å². The Bertz CT molecular complexity index is 687. The Labute approximate surface area is 139 Å². The largest absolute Gasteiger partial charge is 0.488 e. The van der Waals surface area contributed by atoms with Crippen molar-refractivity contribution in [1.82, 2.24) is 5.32 Å². The second-order valence-electron chi connectivity index (χ2n) is 5.98. The lowest BCUT2D eigenvalue weighted by Gasteiger charge is -2.23. The smallest absolute Gasteiger partial charge is 0.223 e. The molecule has 4 rings (SSSR count). The first-order chi connectivity index (χ1) is 11.3. The Hall–Kier alpha value is -1.85. The predicted molar refractivity (Wildman–Crippen MR) is 88.9 cm³/mol. The molecule has 2 aliphatic heterocycles. The van der Waals surface area contributed by atoms with Gasteiger partial charge in [0.15, 0.2) is 0 Å². The first kappa shape index (κ1) is 14.7. The molecule has 1 N–H and O–H groups in total. The number of benzene rings is 1. The fourth-order valence-electron chi connectivity index (χ4n) is 3.21. The van der Waals surface area contributed by atoms with Gasteiger partial charge in [0.05, 0.1) is 19.6 Å². The number of ether oxygens (including phenoxy) is 2. The molecule has 0 aliphatic carbocycles. The van der Waals surface area contributed by atoms with Crippen molar-refractivity contribution < 1.29 is 14.3 Å². The average molecular weight is 329 g/mol. The van der Waals surface area contributed by atoms with Gasteiger partial charge in [-0.15, -0.1) is 11.3 Å². The van der Waals surface area contributed by atoms with Crippen molar-refractivity contribution in [1.29, 1.82) is 0 Å². The third-order valence-electron chi connectivity index (χ3n) is 4.38. The zero-order valence-corrected chi connectivity index (χ0v) is 13.6. The van der Waals surface area contributed by atoms with Gasteiger partial charge in [-0.1, -0.05) is 18.2 Å². The molecule has 120 valence electrons. The highest BCUT2D eigenvalue weighted by Crippen LogP contribution is 2.34. The van der Waals surface area contributed by atoms with Crippen LogP contribution in [0.1, 0.15) is 28.5 Å². The van der Waals surface area contributed by atoms with Crippen molar-refractivity contribution in [2.45, 2.75) is 31.5 Å². The number of hydrogen-bond acceptors (Lipinski definition) is 4. The molecule has 23 heavy (non-hydrogen) atoms. The van der Waals surface area contributed by atoms with E-state index < -0.39 is 0 Å². The summed E-state index contributed by atoms with van der Waals surface area (Å²) in [6.07, 6.45) is 2.12. The van der Waals surface area contributed by atoms with E-state index in [9.17, 15) is 4.79 Å². The molecule has 1 aromatic heterocycles. The maximum atomic E-state index is 12.2. The molecule has 0 bridgehead atoms. The average Bonchev–Trinajstić information content (AvgIpc) is 3.19. The number of nitrogens with one attached hydrogen (secondary N) is 1. The second kappa shape index (κ2) is 6.34. The van der Waals surface area contributed by atoms with Gasteiger partial charge in [0.1, 0.15) is 18.0 Å². The van der Waals surface area contributed by atoms with Crippen LogP contribution in [0.15, 0.2) is 35.7 Å². The maximum absolute atomic E-state index is 12.2. The molecule has 0 fully saturated rings. The lowest BCUT2D eigenvalue weighted by molar-refractivity contribution is -0.124. The summed E-state index contributed by atoms with van der Waals surface area (Å²) in [5, 5.41) is 5.07. The van der Waals surface area contributed by atoms with Crippen molar-refractivity contribution in [2.75, 3.05) is 13.2 Å². The van der Waals surface area contributed by atoms with Gasteiger partial charge in [0.25, 0.3) is 0 Å². The number of fused-ring (bicyclic) bond motifs is 2. The van der Waals surface area contributed by atoms with Gasteiger partial charge in [-0.3, -0.25) is 4.79 Å². The highest BCUT2D eigenvalue weighted by atomic mass is 32.1. The van der Waals surface area contributed by atoms with Crippen molar-refractivity contribution in [3.8, 4) is 5.75 Å². The first-order valence-corrected chi connectivity index (χ1v) is 8.86. The predicted octanol–water partition coefficient (Wildman–Crippen LogP) is 2.87. The first-order valence-electron chi connectivity index (χ1n) is 7.99. The molecule has 5 heteroatoms. The second-order valence-corrected chi connectivity index (χ2v) is 6.93. The van der Waals surface area contributed by atoms with Crippen molar-refractivity contribution in [2.24, 2.45) is 0 Å². The molecule has 4 nitrogen and oxygen atoms in total. The normalized spacial score (nSPS) is 22.1. The summed E-state index contributed by atoms with van der Waals surface area (Å²) in [6, 6.07) is 10.2. The summed E-state index contributed by atoms with van der Waals surface area (Å²) >= 11 is 1.68. The van der Waals surface area contributed by atoms with Crippen LogP contribution in [0.3, 0.4) is 0 Å². The van der Waals surface area contributed by atoms with Crippen LogP contribution in [0, 0.1) is 0 Å². The van der Waals surface area contributed by atoms with Gasteiger partial charge in [-0.2, -0.15) is 0 Å². The van der Waals surface area contributed by atoms with E-state index in [4.69, 9.17) is 9.47 Å². The van der Waals surface area contributed by atoms with E-state index in [2.05, 4.69) is 22.8 Å². The summed E-state index contributed by atoms with van der Waals surface area (Å²) in [5.41, 5.74) is 2.54. The standard InChI is InChI=1S/C18H19NO3S/c20-17(10-16-18-12(5-7-21-16)6-8-23-18)19-11-14-9-13-3-1-2-4-15(13)22-14/h1-4,6,8,14,16H,5,7,9-11H2,(H,19,20)/t14-,16-/m1/s1. The molecule has 2 aliphatic rings. The maximum Gasteiger partial charge on any atom is 0.223 e. The van der Waals surface area contributed by atoms with Crippen molar-refractivity contribution in [3.63, 3.8) is 0 Å². The van der Waals surface area contributed by atoms with E-state index in [-0.39, 0.29) is 18.1 Å². The summed E-state index contributed by atoms with van der Waals surface area (Å²) in [4.78, 5) is 13.4. The zero-order chi connectivity index (χ0) is 15.6. The van der Waals surface area contributed by atoms with Crippen LogP contribution in [-0.4, -0.2) is 25.2 Å². The monoisotopic (exact) mass is 329 g/mol. The lowest BCUT2D eigenvalue weighted by Crippen LogP contribution is -2.35. The number of carbonyl (C=O) groups excluding carboxylic acids is 1. The third kappa shape index (κ3) is 3.12. The van der Waals surface area contributed by atoms with Gasteiger partial charge in [-0.05, 0) is 35.1 Å². The topological polar surface area (TPSA) is 47.6 Å². The Morgan fingerprint density at radius 3 is 3.09 bits per heavy atom. The van der Waals surface area contributed by atoms with Crippen molar-refractivity contribution in [3.05, 3.63) is 51.7 Å². The van der Waals surface area contributed by atoms with Crippen LogP contribution >= 0.6 is 11.3 Å². The third-order valence-corrected chi connectivity index (χ3v) is 5.43. The van der Waals surface area contributed by atoms with Gasteiger partial charge < -0.3 is 14.8 Å². The van der Waals surface area contributed by atoms with E-state index >= 15 is 0 Å². The van der Waals surface area contributed by atoms with E-state index in [1.807, 2.05) is 18.2 Å². The Morgan fingerprint density at radius 1 is 1.26 bits per heavy atom. The molecule has 0 spiro atoms. The quantitative estimate of drug-likeness (QED) is 0.938. The van der Waals surface area contributed by atoms with Gasteiger partial charge in [0, 0.05) is 11.3 Å². The molecule has 1 aromatic carbocycles. The number of rotatable bonds is 4. The number of thiophene rings is 1. The molecule has 0 radical (unpaired) electrons. The lowest BCUT2D eigenvalue weighted by atomic mass is 10.1. The van der Waals surface area contributed by atoms with Crippen molar-refractivity contribution >= 4 is 17.2 Å². The minimum atomic E-state index is -0.0968. The van der Waals surface area contributed by atoms with E-state index in [0.29, 0.717) is 19.6 Å². The molecule has 0 saturated heterocycles. The SMILES string of the molecule is O=C(C[C@H]1OCCc2ccsc21)NC[C@H]1Cc2ccccc2O1. The Balaban J connectivity index is 1.29. The van der Waals surface area contributed by atoms with Gasteiger partial charge in [0.2, 0.25) is 5.91 Å². The Kier molecular flexibility index (Phi) is 4.06. The molecule has 0 unspecified atom stereocenters. The zero-order valence-electron chi connectivity index (χ0n) is 12.8. The fraction of sp³-hybridized carbons (Fsp3) is 0.389. The van der Waals surface area contributed by atoms with Gasteiger partial charge in [-0.25, -0.2) is 0 Å². The summed E-state index contributed by atoms with van der Waals surface area (Å²) in [7, 11) is 0. The Morgan fingerprint density at radius 2 is 2.17 bits per heavy atom.